The van der Waals surface area contributed by atoms with Crippen molar-refractivity contribution in [3.8, 4) is 29.0 Å². The van der Waals surface area contributed by atoms with Crippen LogP contribution in [0.2, 0.25) is 0 Å². The Morgan fingerprint density at radius 2 is 1.80 bits per heavy atom. The van der Waals surface area contributed by atoms with Crippen molar-refractivity contribution >= 4 is 11.9 Å². The van der Waals surface area contributed by atoms with Crippen LogP contribution in [0.4, 0.5) is 0 Å². The Bertz CT molecular complexity index is 1080. The number of nitrogens with zero attached hydrogens (tertiary/aromatic N) is 4. The summed E-state index contributed by atoms with van der Waals surface area (Å²) in [4.78, 5) is 25.4. The van der Waals surface area contributed by atoms with E-state index in [4.69, 9.17) is 14.4 Å². The van der Waals surface area contributed by atoms with Crippen molar-refractivity contribution < 1.29 is 18.7 Å². The number of benzene rings is 2. The lowest BCUT2D eigenvalue weighted by atomic mass is 10.1. The van der Waals surface area contributed by atoms with Gasteiger partial charge in [0, 0.05) is 24.7 Å². The molecule has 30 heavy (non-hydrogen) atoms. The molecule has 8 nitrogen and oxygen atoms in total. The Morgan fingerprint density at radius 1 is 1.10 bits per heavy atom. The summed E-state index contributed by atoms with van der Waals surface area (Å²) < 4.78 is 10.8. The quantitative estimate of drug-likeness (QED) is 0.556. The molecule has 0 bridgehead atoms. The van der Waals surface area contributed by atoms with E-state index in [9.17, 15) is 9.59 Å². The van der Waals surface area contributed by atoms with Gasteiger partial charge in [0.05, 0.1) is 18.1 Å². The fourth-order valence-corrected chi connectivity index (χ4v) is 2.67. The monoisotopic (exact) mass is 404 g/mol. The zero-order valence-corrected chi connectivity index (χ0v) is 16.7. The zero-order chi connectivity index (χ0) is 21.5. The second kappa shape index (κ2) is 9.47. The maximum Gasteiger partial charge on any atom is 0.338 e. The van der Waals surface area contributed by atoms with Gasteiger partial charge < -0.3 is 14.1 Å². The molecule has 0 unspecified atom stereocenters. The molecule has 2 aromatic carbocycles. The third-order valence-corrected chi connectivity index (χ3v) is 4.48. The molecule has 8 heteroatoms. The highest BCUT2D eigenvalue weighted by Gasteiger charge is 2.15. The molecule has 0 radical (unpaired) electrons. The minimum absolute atomic E-state index is 0.221. The number of likely N-dealkylation sites (N-methyl/N-ethyl adjacent to an activating group) is 1. The van der Waals surface area contributed by atoms with Crippen molar-refractivity contribution in [1.29, 1.82) is 5.26 Å². The number of esters is 1. The Kier molecular flexibility index (Phi) is 6.55. The highest BCUT2D eigenvalue weighted by molar-refractivity contribution is 5.91. The minimum Gasteiger partial charge on any atom is -0.452 e. The van der Waals surface area contributed by atoms with Crippen molar-refractivity contribution in [3.63, 3.8) is 0 Å². The number of carbonyl (C=O) groups is 2. The van der Waals surface area contributed by atoms with Crippen LogP contribution >= 0.6 is 0 Å². The standard InChI is InChI=1S/C22H20N4O4/c1-15-6-3-4-7-18(15)21-25-24-20(30-21)16-8-10-17(11-9-16)22(28)29-14-19(27)26(2)13-5-12-23/h3-4,6-11H,5,13-14H2,1-2H3. The second-order valence-electron chi connectivity index (χ2n) is 6.60. The number of ether oxygens (including phenoxy) is 1. The van der Waals surface area contributed by atoms with Gasteiger partial charge in [-0.1, -0.05) is 18.2 Å². The van der Waals surface area contributed by atoms with Gasteiger partial charge in [0.1, 0.15) is 0 Å². The van der Waals surface area contributed by atoms with E-state index in [1.807, 2.05) is 37.3 Å². The van der Waals surface area contributed by atoms with Crippen molar-refractivity contribution in [2.24, 2.45) is 0 Å². The van der Waals surface area contributed by atoms with Crippen LogP contribution in [0, 0.1) is 18.3 Å². The van der Waals surface area contributed by atoms with Crippen LogP contribution in [0.1, 0.15) is 22.3 Å². The van der Waals surface area contributed by atoms with Crippen LogP contribution in [0.25, 0.3) is 22.9 Å². The molecule has 0 spiro atoms. The Balaban J connectivity index is 1.63. The predicted molar refractivity (Wildman–Crippen MR) is 108 cm³/mol. The number of aryl methyl sites for hydroxylation is 1. The van der Waals surface area contributed by atoms with E-state index in [0.717, 1.165) is 11.1 Å². The minimum atomic E-state index is -0.616. The number of rotatable bonds is 7. The molecule has 152 valence electrons. The fraction of sp³-hybridized carbons (Fsp3) is 0.227. The SMILES string of the molecule is Cc1ccccc1-c1nnc(-c2ccc(C(=O)OCC(=O)N(C)CCC#N)cc2)o1. The summed E-state index contributed by atoms with van der Waals surface area (Å²) in [5.41, 5.74) is 2.84. The topological polar surface area (TPSA) is 109 Å². The molecule has 0 saturated carbocycles. The zero-order valence-electron chi connectivity index (χ0n) is 16.7. The van der Waals surface area contributed by atoms with Gasteiger partial charge in [-0.2, -0.15) is 5.26 Å². The van der Waals surface area contributed by atoms with E-state index in [1.165, 1.54) is 4.90 Å². The van der Waals surface area contributed by atoms with E-state index in [-0.39, 0.29) is 25.5 Å². The lowest BCUT2D eigenvalue weighted by molar-refractivity contribution is -0.133. The van der Waals surface area contributed by atoms with Gasteiger partial charge in [-0.05, 0) is 42.8 Å². The lowest BCUT2D eigenvalue weighted by Crippen LogP contribution is -2.31. The summed E-state index contributed by atoms with van der Waals surface area (Å²) in [7, 11) is 1.55. The highest BCUT2D eigenvalue weighted by atomic mass is 16.5. The average Bonchev–Trinajstić information content (AvgIpc) is 3.26. The molecule has 0 aliphatic carbocycles. The van der Waals surface area contributed by atoms with Gasteiger partial charge in [0.2, 0.25) is 11.8 Å². The second-order valence-corrected chi connectivity index (χ2v) is 6.60. The van der Waals surface area contributed by atoms with Crippen molar-refractivity contribution in [2.75, 3.05) is 20.2 Å². The highest BCUT2D eigenvalue weighted by Crippen LogP contribution is 2.26. The van der Waals surface area contributed by atoms with E-state index >= 15 is 0 Å². The van der Waals surface area contributed by atoms with Gasteiger partial charge >= 0.3 is 5.97 Å². The Hall–Kier alpha value is -3.99. The Labute approximate surface area is 173 Å². The predicted octanol–water partition coefficient (Wildman–Crippen LogP) is 3.24. The number of nitriles is 1. The van der Waals surface area contributed by atoms with Crippen LogP contribution in [0.15, 0.2) is 52.9 Å². The number of hydrogen-bond donors (Lipinski definition) is 0. The third kappa shape index (κ3) is 4.89. The van der Waals surface area contributed by atoms with Crippen LogP contribution in [0.5, 0.6) is 0 Å². The first-order valence-electron chi connectivity index (χ1n) is 9.27. The van der Waals surface area contributed by atoms with Crippen LogP contribution in [-0.2, 0) is 9.53 Å². The summed E-state index contributed by atoms with van der Waals surface area (Å²) in [5, 5.41) is 16.7. The summed E-state index contributed by atoms with van der Waals surface area (Å²) in [5.74, 6) is -0.229. The first kappa shape index (κ1) is 20.7. The largest absolute Gasteiger partial charge is 0.452 e. The molecule has 0 saturated heterocycles. The summed E-state index contributed by atoms with van der Waals surface area (Å²) in [6, 6.07) is 16.2. The maximum absolute atomic E-state index is 12.2. The first-order valence-corrected chi connectivity index (χ1v) is 9.27. The van der Waals surface area contributed by atoms with Crippen LogP contribution in [0.3, 0.4) is 0 Å². The van der Waals surface area contributed by atoms with E-state index in [2.05, 4.69) is 10.2 Å². The molecule has 0 aliphatic rings. The molecule has 3 aromatic rings. The van der Waals surface area contributed by atoms with Crippen molar-refractivity contribution in [3.05, 3.63) is 59.7 Å². The summed E-state index contributed by atoms with van der Waals surface area (Å²) in [6.07, 6.45) is 0.221. The molecule has 0 N–H and O–H groups in total. The number of hydrogen-bond acceptors (Lipinski definition) is 7. The van der Waals surface area contributed by atoms with Crippen molar-refractivity contribution in [1.82, 2.24) is 15.1 Å². The fourth-order valence-electron chi connectivity index (χ4n) is 2.67. The normalized spacial score (nSPS) is 10.3. The van der Waals surface area contributed by atoms with Gasteiger partial charge in [-0.25, -0.2) is 4.79 Å². The number of amides is 1. The summed E-state index contributed by atoms with van der Waals surface area (Å²) >= 11 is 0. The number of aromatic nitrogens is 2. The Morgan fingerprint density at radius 3 is 2.50 bits per heavy atom. The molecule has 1 aromatic heterocycles. The van der Waals surface area contributed by atoms with Crippen LogP contribution in [-0.4, -0.2) is 47.2 Å². The van der Waals surface area contributed by atoms with Crippen molar-refractivity contribution in [2.45, 2.75) is 13.3 Å². The molecular weight excluding hydrogens is 384 g/mol. The van der Waals surface area contributed by atoms with E-state index in [1.54, 1.807) is 31.3 Å². The molecule has 0 fully saturated rings. The third-order valence-electron chi connectivity index (χ3n) is 4.48. The maximum atomic E-state index is 12.2. The van der Waals surface area contributed by atoms with Gasteiger partial charge in [0.15, 0.2) is 6.61 Å². The van der Waals surface area contributed by atoms with E-state index in [0.29, 0.717) is 22.9 Å². The van der Waals surface area contributed by atoms with Gasteiger partial charge in [-0.3, -0.25) is 4.79 Å². The summed E-state index contributed by atoms with van der Waals surface area (Å²) in [6.45, 7) is 1.87. The first-order chi connectivity index (χ1) is 14.5. The van der Waals surface area contributed by atoms with Gasteiger partial charge in [-0.15, -0.1) is 10.2 Å². The van der Waals surface area contributed by atoms with E-state index < -0.39 is 5.97 Å². The average molecular weight is 404 g/mol. The number of carbonyl (C=O) groups excluding carboxylic acids is 2. The lowest BCUT2D eigenvalue weighted by Gasteiger charge is -2.15. The molecule has 1 amide bonds. The van der Waals surface area contributed by atoms with Gasteiger partial charge in [0.25, 0.3) is 5.91 Å². The smallest absolute Gasteiger partial charge is 0.338 e. The molecule has 0 aliphatic heterocycles. The van der Waals surface area contributed by atoms with Crippen LogP contribution < -0.4 is 0 Å². The molecule has 0 atom stereocenters. The molecule has 3 rings (SSSR count). The molecular formula is C22H20N4O4. The molecule has 1 heterocycles.